The van der Waals surface area contributed by atoms with E-state index >= 15 is 0 Å². The van der Waals surface area contributed by atoms with Gasteiger partial charge in [0, 0.05) is 12.1 Å². The smallest absolute Gasteiger partial charge is 0.00984 e. The Hall–Kier alpha value is -0.0800. The van der Waals surface area contributed by atoms with E-state index in [1.54, 1.807) is 0 Å². The number of nitrogens with two attached hydrogens (primary N) is 1. The highest BCUT2D eigenvalue weighted by Gasteiger charge is 2.32. The molecule has 0 spiro atoms. The lowest BCUT2D eigenvalue weighted by atomic mass is 9.81. The highest BCUT2D eigenvalue weighted by molar-refractivity contribution is 4.87. The van der Waals surface area contributed by atoms with Crippen LogP contribution in [0.2, 0.25) is 0 Å². The summed E-state index contributed by atoms with van der Waals surface area (Å²) in [6.45, 7) is 4.46. The highest BCUT2D eigenvalue weighted by Crippen LogP contribution is 2.34. The molecule has 2 aliphatic carbocycles. The van der Waals surface area contributed by atoms with Gasteiger partial charge in [0.2, 0.25) is 0 Å². The van der Waals surface area contributed by atoms with E-state index in [9.17, 15) is 0 Å². The Morgan fingerprint density at radius 1 is 1.00 bits per heavy atom. The molecule has 0 aliphatic heterocycles. The summed E-state index contributed by atoms with van der Waals surface area (Å²) in [4.78, 5) is 2.82. The lowest BCUT2D eigenvalue weighted by Gasteiger charge is -2.45. The van der Waals surface area contributed by atoms with Crippen molar-refractivity contribution in [1.82, 2.24) is 4.90 Å². The van der Waals surface area contributed by atoms with Crippen LogP contribution in [0.4, 0.5) is 0 Å². The van der Waals surface area contributed by atoms with Crippen LogP contribution in [0.5, 0.6) is 0 Å². The summed E-state index contributed by atoms with van der Waals surface area (Å²) in [7, 11) is 0. The highest BCUT2D eigenvalue weighted by atomic mass is 15.2. The van der Waals surface area contributed by atoms with Gasteiger partial charge in [0.1, 0.15) is 0 Å². The van der Waals surface area contributed by atoms with Crippen LogP contribution in [-0.2, 0) is 0 Å². The van der Waals surface area contributed by atoms with Gasteiger partial charge in [-0.1, -0.05) is 19.8 Å². The van der Waals surface area contributed by atoms with Gasteiger partial charge in [-0.2, -0.15) is 0 Å². The zero-order valence-electron chi connectivity index (χ0n) is 11.5. The third-order valence-corrected chi connectivity index (χ3v) is 5.03. The van der Waals surface area contributed by atoms with Gasteiger partial charge in [0.05, 0.1) is 0 Å². The summed E-state index contributed by atoms with van der Waals surface area (Å²) in [5.41, 5.74) is 5.68. The predicted octanol–water partition coefficient (Wildman–Crippen LogP) is 3.16. The molecule has 0 saturated heterocycles. The third kappa shape index (κ3) is 3.45. The van der Waals surface area contributed by atoms with Gasteiger partial charge in [0.25, 0.3) is 0 Å². The zero-order valence-corrected chi connectivity index (χ0v) is 11.5. The van der Waals surface area contributed by atoms with Crippen LogP contribution in [0.15, 0.2) is 0 Å². The number of hydrogen-bond donors (Lipinski definition) is 1. The van der Waals surface area contributed by atoms with Crippen molar-refractivity contribution in [2.45, 2.75) is 76.8 Å². The van der Waals surface area contributed by atoms with Crippen molar-refractivity contribution in [3.8, 4) is 0 Å². The molecular formula is C15H30N2. The van der Waals surface area contributed by atoms with Crippen LogP contribution in [-0.4, -0.2) is 30.1 Å². The summed E-state index contributed by atoms with van der Waals surface area (Å²) in [6, 6.07) is 1.79. The Balaban J connectivity index is 1.82. The minimum atomic E-state index is 0.855. The minimum Gasteiger partial charge on any atom is -0.330 e. The van der Waals surface area contributed by atoms with Crippen molar-refractivity contribution in [3.63, 3.8) is 0 Å². The van der Waals surface area contributed by atoms with Crippen LogP contribution in [0, 0.1) is 5.92 Å². The van der Waals surface area contributed by atoms with Gasteiger partial charge >= 0.3 is 0 Å². The van der Waals surface area contributed by atoms with Crippen molar-refractivity contribution in [1.29, 1.82) is 0 Å². The Labute approximate surface area is 107 Å². The van der Waals surface area contributed by atoms with Gasteiger partial charge in [-0.05, 0) is 64.0 Å². The molecule has 0 aromatic heterocycles. The van der Waals surface area contributed by atoms with Crippen LogP contribution >= 0.6 is 0 Å². The van der Waals surface area contributed by atoms with E-state index in [0.29, 0.717) is 0 Å². The molecule has 0 heterocycles. The largest absolute Gasteiger partial charge is 0.330 e. The Kier molecular flexibility index (Phi) is 5.30. The van der Waals surface area contributed by atoms with Crippen LogP contribution in [0.25, 0.3) is 0 Å². The molecule has 0 aromatic rings. The molecule has 0 atom stereocenters. The average molecular weight is 238 g/mol. The molecule has 0 bridgehead atoms. The van der Waals surface area contributed by atoms with Gasteiger partial charge in [-0.3, -0.25) is 4.90 Å². The summed E-state index contributed by atoms with van der Waals surface area (Å²) < 4.78 is 0. The molecule has 17 heavy (non-hydrogen) atoms. The van der Waals surface area contributed by atoms with E-state index in [1.165, 1.54) is 64.3 Å². The summed E-state index contributed by atoms with van der Waals surface area (Å²) in [5.74, 6) is 1.02. The lowest BCUT2D eigenvalue weighted by molar-refractivity contribution is 0.0503. The molecule has 2 heteroatoms. The fourth-order valence-corrected chi connectivity index (χ4v) is 3.54. The molecule has 0 unspecified atom stereocenters. The predicted molar refractivity (Wildman–Crippen MR) is 74.1 cm³/mol. The van der Waals surface area contributed by atoms with E-state index in [1.807, 2.05) is 0 Å². The molecule has 2 N–H and O–H groups in total. The van der Waals surface area contributed by atoms with E-state index in [-0.39, 0.29) is 0 Å². The molecular weight excluding hydrogens is 208 g/mol. The van der Waals surface area contributed by atoms with Crippen LogP contribution < -0.4 is 5.73 Å². The third-order valence-electron chi connectivity index (χ3n) is 5.03. The fourth-order valence-electron chi connectivity index (χ4n) is 3.54. The summed E-state index contributed by atoms with van der Waals surface area (Å²) in [5, 5.41) is 0. The maximum Gasteiger partial charge on any atom is 0.00984 e. The Bertz CT molecular complexity index is 205. The quantitative estimate of drug-likeness (QED) is 0.770. The van der Waals surface area contributed by atoms with E-state index < -0.39 is 0 Å². The molecule has 2 saturated carbocycles. The standard InChI is InChI=1S/C15H30N2/c1-2-13-7-9-15(10-8-13)17(12-4-11-16)14-5-3-6-14/h13-15H,2-12,16H2,1H3. The summed E-state index contributed by atoms with van der Waals surface area (Å²) in [6.07, 6.45) is 12.7. The second-order valence-electron chi connectivity index (χ2n) is 6.05. The van der Waals surface area contributed by atoms with Gasteiger partial charge in [0.15, 0.2) is 0 Å². The first-order chi connectivity index (χ1) is 8.35. The van der Waals surface area contributed by atoms with Gasteiger partial charge in [-0.15, -0.1) is 0 Å². The fraction of sp³-hybridized carbons (Fsp3) is 1.00. The second kappa shape index (κ2) is 6.75. The Morgan fingerprint density at radius 2 is 1.65 bits per heavy atom. The van der Waals surface area contributed by atoms with Crippen molar-refractivity contribution in [3.05, 3.63) is 0 Å². The minimum absolute atomic E-state index is 0.855. The maximum absolute atomic E-state index is 5.68. The van der Waals surface area contributed by atoms with Crippen molar-refractivity contribution in [2.24, 2.45) is 11.7 Å². The first-order valence-electron chi connectivity index (χ1n) is 7.81. The van der Waals surface area contributed by atoms with E-state index in [4.69, 9.17) is 5.73 Å². The monoisotopic (exact) mass is 238 g/mol. The van der Waals surface area contributed by atoms with Crippen molar-refractivity contribution >= 4 is 0 Å². The average Bonchev–Trinajstić information content (AvgIpc) is 2.32. The van der Waals surface area contributed by atoms with E-state index in [2.05, 4.69) is 11.8 Å². The maximum atomic E-state index is 5.68. The number of hydrogen-bond acceptors (Lipinski definition) is 2. The van der Waals surface area contributed by atoms with Gasteiger partial charge in [-0.25, -0.2) is 0 Å². The first-order valence-corrected chi connectivity index (χ1v) is 7.81. The normalized spacial score (nSPS) is 30.5. The molecule has 2 fully saturated rings. The Morgan fingerprint density at radius 3 is 2.12 bits per heavy atom. The number of nitrogens with zero attached hydrogens (tertiary/aromatic N) is 1. The second-order valence-corrected chi connectivity index (χ2v) is 6.05. The summed E-state index contributed by atoms with van der Waals surface area (Å²) >= 11 is 0. The zero-order chi connectivity index (χ0) is 12.1. The van der Waals surface area contributed by atoms with Crippen molar-refractivity contribution < 1.29 is 0 Å². The van der Waals surface area contributed by atoms with E-state index in [0.717, 1.165) is 24.5 Å². The topological polar surface area (TPSA) is 29.3 Å². The van der Waals surface area contributed by atoms with Crippen LogP contribution in [0.3, 0.4) is 0 Å². The molecule has 100 valence electrons. The molecule has 0 aromatic carbocycles. The number of rotatable bonds is 6. The van der Waals surface area contributed by atoms with Crippen LogP contribution in [0.1, 0.15) is 64.7 Å². The SMILES string of the molecule is CCC1CCC(N(CCCN)C2CCC2)CC1. The molecule has 2 rings (SSSR count). The van der Waals surface area contributed by atoms with Gasteiger partial charge < -0.3 is 5.73 Å². The molecule has 0 radical (unpaired) electrons. The lowest BCUT2D eigenvalue weighted by Crippen LogP contribution is -2.48. The van der Waals surface area contributed by atoms with Crippen molar-refractivity contribution in [2.75, 3.05) is 13.1 Å². The molecule has 0 amide bonds. The molecule has 2 aliphatic rings. The molecule has 2 nitrogen and oxygen atoms in total. The first kappa shape index (κ1) is 13.4.